The van der Waals surface area contributed by atoms with Crippen molar-refractivity contribution in [3.63, 3.8) is 0 Å². The number of aryl methyl sites for hydroxylation is 1. The van der Waals surface area contributed by atoms with Crippen LogP contribution in [0.2, 0.25) is 0 Å². The van der Waals surface area contributed by atoms with Gasteiger partial charge in [0.05, 0.1) is 20.3 Å². The van der Waals surface area contributed by atoms with E-state index in [0.717, 1.165) is 5.56 Å². The van der Waals surface area contributed by atoms with Crippen LogP contribution in [0.15, 0.2) is 18.2 Å². The SMILES string of the molecule is COCCONC(=O)COc1ccc(C)cc1OC. The summed E-state index contributed by atoms with van der Waals surface area (Å²) >= 11 is 0. The second-order valence-corrected chi connectivity index (χ2v) is 3.81. The van der Waals surface area contributed by atoms with Crippen LogP contribution in [0, 0.1) is 6.92 Å². The van der Waals surface area contributed by atoms with Crippen molar-refractivity contribution in [3.05, 3.63) is 23.8 Å². The van der Waals surface area contributed by atoms with Gasteiger partial charge in [-0.05, 0) is 24.6 Å². The first-order valence-corrected chi connectivity index (χ1v) is 5.84. The van der Waals surface area contributed by atoms with E-state index in [1.165, 1.54) is 0 Å². The number of amides is 1. The van der Waals surface area contributed by atoms with Crippen molar-refractivity contribution in [2.45, 2.75) is 6.92 Å². The molecule has 6 heteroatoms. The number of carbonyl (C=O) groups is 1. The number of rotatable bonds is 8. The van der Waals surface area contributed by atoms with Crippen molar-refractivity contribution in [1.29, 1.82) is 0 Å². The van der Waals surface area contributed by atoms with E-state index >= 15 is 0 Å². The Hall–Kier alpha value is -1.79. The van der Waals surface area contributed by atoms with Crippen molar-refractivity contribution < 1.29 is 23.8 Å². The van der Waals surface area contributed by atoms with Crippen molar-refractivity contribution in [2.24, 2.45) is 0 Å². The summed E-state index contributed by atoms with van der Waals surface area (Å²) in [5.41, 5.74) is 3.30. The van der Waals surface area contributed by atoms with Gasteiger partial charge < -0.3 is 14.2 Å². The molecule has 0 heterocycles. The molecule has 0 aliphatic heterocycles. The van der Waals surface area contributed by atoms with Crippen LogP contribution in [0.25, 0.3) is 0 Å². The van der Waals surface area contributed by atoms with Gasteiger partial charge in [-0.15, -0.1) is 0 Å². The van der Waals surface area contributed by atoms with Gasteiger partial charge in [0.1, 0.15) is 0 Å². The Bertz CT molecular complexity index is 408. The minimum absolute atomic E-state index is 0.146. The van der Waals surface area contributed by atoms with Gasteiger partial charge >= 0.3 is 0 Å². The average Bonchev–Trinajstić information content (AvgIpc) is 2.42. The van der Waals surface area contributed by atoms with Crippen LogP contribution in [-0.2, 0) is 14.4 Å². The number of carbonyl (C=O) groups excluding carboxylic acids is 1. The molecule has 0 saturated carbocycles. The lowest BCUT2D eigenvalue weighted by molar-refractivity contribution is -0.136. The summed E-state index contributed by atoms with van der Waals surface area (Å²) in [6.07, 6.45) is 0. The largest absolute Gasteiger partial charge is 0.493 e. The molecule has 0 spiro atoms. The standard InChI is InChI=1S/C13H19NO5/c1-10-4-5-11(12(8-10)17-3)18-9-13(15)14-19-7-6-16-2/h4-5,8H,6-7,9H2,1-3H3,(H,14,15). The molecule has 1 N–H and O–H groups in total. The Morgan fingerprint density at radius 1 is 1.21 bits per heavy atom. The molecule has 0 aromatic heterocycles. The molecule has 1 aromatic carbocycles. The van der Waals surface area contributed by atoms with Crippen LogP contribution < -0.4 is 15.0 Å². The third kappa shape index (κ3) is 5.58. The minimum Gasteiger partial charge on any atom is -0.493 e. The zero-order valence-corrected chi connectivity index (χ0v) is 11.4. The van der Waals surface area contributed by atoms with E-state index in [2.05, 4.69) is 5.48 Å². The van der Waals surface area contributed by atoms with E-state index in [0.29, 0.717) is 18.1 Å². The molecule has 0 atom stereocenters. The highest BCUT2D eigenvalue weighted by atomic mass is 16.7. The molecule has 0 fully saturated rings. The Morgan fingerprint density at radius 2 is 2.00 bits per heavy atom. The quantitative estimate of drug-likeness (QED) is 0.565. The highest BCUT2D eigenvalue weighted by Gasteiger charge is 2.07. The minimum atomic E-state index is -0.376. The summed E-state index contributed by atoms with van der Waals surface area (Å²) in [5.74, 6) is 0.729. The lowest BCUT2D eigenvalue weighted by atomic mass is 10.2. The molecule has 6 nitrogen and oxygen atoms in total. The number of hydrogen-bond donors (Lipinski definition) is 1. The van der Waals surface area contributed by atoms with Crippen molar-refractivity contribution in [3.8, 4) is 11.5 Å². The molecule has 0 aliphatic carbocycles. The maximum atomic E-state index is 11.4. The molecule has 106 valence electrons. The summed E-state index contributed by atoms with van der Waals surface area (Å²) in [6.45, 7) is 2.50. The number of hydrogen-bond acceptors (Lipinski definition) is 5. The average molecular weight is 269 g/mol. The van der Waals surface area contributed by atoms with Gasteiger partial charge in [-0.3, -0.25) is 9.63 Å². The first-order chi connectivity index (χ1) is 9.17. The maximum Gasteiger partial charge on any atom is 0.281 e. The number of ether oxygens (including phenoxy) is 3. The van der Waals surface area contributed by atoms with Crippen LogP contribution in [0.1, 0.15) is 5.56 Å². The topological polar surface area (TPSA) is 66.0 Å². The third-order valence-corrected chi connectivity index (χ3v) is 2.25. The Balaban J connectivity index is 2.37. The van der Waals surface area contributed by atoms with Gasteiger partial charge in [0.25, 0.3) is 5.91 Å². The normalized spacial score (nSPS) is 10.1. The monoisotopic (exact) mass is 269 g/mol. The van der Waals surface area contributed by atoms with E-state index in [9.17, 15) is 4.79 Å². The number of methoxy groups -OCH3 is 2. The molecule has 1 aromatic rings. The fourth-order valence-electron chi connectivity index (χ4n) is 1.32. The van der Waals surface area contributed by atoms with E-state index in [1.54, 1.807) is 20.3 Å². The second kappa shape index (κ2) is 8.34. The maximum absolute atomic E-state index is 11.4. The molecule has 0 radical (unpaired) electrons. The predicted molar refractivity (Wildman–Crippen MR) is 69.2 cm³/mol. The van der Waals surface area contributed by atoms with Crippen LogP contribution >= 0.6 is 0 Å². The Labute approximate surface area is 112 Å². The smallest absolute Gasteiger partial charge is 0.281 e. The summed E-state index contributed by atoms with van der Waals surface area (Å²) in [4.78, 5) is 16.3. The summed E-state index contributed by atoms with van der Waals surface area (Å²) < 4.78 is 15.3. The summed E-state index contributed by atoms with van der Waals surface area (Å²) in [5, 5.41) is 0. The number of nitrogens with one attached hydrogen (secondary N) is 1. The van der Waals surface area contributed by atoms with E-state index in [-0.39, 0.29) is 19.1 Å². The number of benzene rings is 1. The molecule has 0 unspecified atom stereocenters. The van der Waals surface area contributed by atoms with E-state index in [4.69, 9.17) is 19.0 Å². The van der Waals surface area contributed by atoms with Gasteiger partial charge in [-0.1, -0.05) is 6.07 Å². The van der Waals surface area contributed by atoms with Crippen LogP contribution in [0.4, 0.5) is 0 Å². The molecule has 1 rings (SSSR count). The summed E-state index contributed by atoms with van der Waals surface area (Å²) in [7, 11) is 3.10. The zero-order valence-electron chi connectivity index (χ0n) is 11.4. The first kappa shape index (κ1) is 15.3. The van der Waals surface area contributed by atoms with Gasteiger partial charge in [-0.2, -0.15) is 0 Å². The van der Waals surface area contributed by atoms with Crippen LogP contribution in [-0.4, -0.2) is 39.9 Å². The zero-order chi connectivity index (χ0) is 14.1. The van der Waals surface area contributed by atoms with Crippen molar-refractivity contribution in [2.75, 3.05) is 34.0 Å². The lowest BCUT2D eigenvalue weighted by Crippen LogP contribution is -2.30. The highest BCUT2D eigenvalue weighted by Crippen LogP contribution is 2.27. The van der Waals surface area contributed by atoms with E-state index in [1.807, 2.05) is 19.1 Å². The van der Waals surface area contributed by atoms with Crippen molar-refractivity contribution >= 4 is 5.91 Å². The van der Waals surface area contributed by atoms with Crippen molar-refractivity contribution in [1.82, 2.24) is 5.48 Å². The Morgan fingerprint density at radius 3 is 2.68 bits per heavy atom. The van der Waals surface area contributed by atoms with Gasteiger partial charge in [-0.25, -0.2) is 5.48 Å². The first-order valence-electron chi connectivity index (χ1n) is 5.84. The number of hydroxylamine groups is 1. The molecule has 0 saturated heterocycles. The molecule has 19 heavy (non-hydrogen) atoms. The van der Waals surface area contributed by atoms with Gasteiger partial charge in [0.2, 0.25) is 0 Å². The summed E-state index contributed by atoms with van der Waals surface area (Å²) in [6, 6.07) is 5.47. The molecule has 0 aliphatic rings. The fraction of sp³-hybridized carbons (Fsp3) is 0.462. The van der Waals surface area contributed by atoms with Gasteiger partial charge in [0.15, 0.2) is 18.1 Å². The molecular weight excluding hydrogens is 250 g/mol. The highest BCUT2D eigenvalue weighted by molar-refractivity contribution is 5.76. The Kier molecular flexibility index (Phi) is 6.70. The lowest BCUT2D eigenvalue weighted by Gasteiger charge is -2.11. The predicted octanol–water partition coefficient (Wildman–Crippen LogP) is 1.08. The second-order valence-electron chi connectivity index (χ2n) is 3.81. The fourth-order valence-corrected chi connectivity index (χ4v) is 1.32. The third-order valence-electron chi connectivity index (χ3n) is 2.25. The molecule has 0 bridgehead atoms. The van der Waals surface area contributed by atoms with E-state index < -0.39 is 0 Å². The molecule has 1 amide bonds. The molecular formula is C13H19NO5. The van der Waals surface area contributed by atoms with Gasteiger partial charge in [0, 0.05) is 7.11 Å². The van der Waals surface area contributed by atoms with Crippen LogP contribution in [0.5, 0.6) is 11.5 Å². The van der Waals surface area contributed by atoms with Crippen LogP contribution in [0.3, 0.4) is 0 Å².